The molecule has 6 aromatic carbocycles. The Morgan fingerprint density at radius 1 is 0.589 bits per heavy atom. The Labute approximate surface area is 426 Å². The molecule has 0 aromatic heterocycles. The van der Waals surface area contributed by atoms with E-state index in [1.54, 1.807) is 31.4 Å². The SMILES string of the molecule is COc1ccc(OC[C@@H](O[C@H]2O[C@H](COCc3ccccc3)[C@@H](OCc3ccccc3)[C@H](OCc3ccccc3)[C@H]2N=[N+]=[N-])[C@@H](OCc2ccccc2)[C@H](COC(=O)CCC(C)=O)OCc2ccccc2)cc1. The lowest BCUT2D eigenvalue weighted by molar-refractivity contribution is -0.309. The summed E-state index contributed by atoms with van der Waals surface area (Å²) in [6.07, 6.45) is -7.26. The van der Waals surface area contributed by atoms with Crippen LogP contribution in [0.4, 0.5) is 0 Å². The summed E-state index contributed by atoms with van der Waals surface area (Å²) in [6, 6.07) is 54.1. The fourth-order valence-electron chi connectivity index (χ4n) is 8.11. The average molecular weight is 994 g/mol. The zero-order valence-corrected chi connectivity index (χ0v) is 41.2. The van der Waals surface area contributed by atoms with Crippen molar-refractivity contribution >= 4 is 11.8 Å². The maximum atomic E-state index is 13.2. The molecule has 1 saturated heterocycles. The van der Waals surface area contributed by atoms with E-state index in [4.69, 9.17) is 47.4 Å². The molecule has 0 bridgehead atoms. The number of carbonyl (C=O) groups is 2. The largest absolute Gasteiger partial charge is 0.497 e. The predicted octanol–water partition coefficient (Wildman–Crippen LogP) is 10.3. The zero-order valence-electron chi connectivity index (χ0n) is 41.2. The van der Waals surface area contributed by atoms with E-state index in [9.17, 15) is 15.1 Å². The number of carbonyl (C=O) groups excluding carboxylic acids is 2. The lowest BCUT2D eigenvalue weighted by atomic mass is 9.96. The number of ketones is 1. The first-order chi connectivity index (χ1) is 35.8. The summed E-state index contributed by atoms with van der Waals surface area (Å²) in [5, 5.41) is 4.35. The van der Waals surface area contributed by atoms with Gasteiger partial charge in [-0.25, -0.2) is 0 Å². The highest BCUT2D eigenvalue weighted by Gasteiger charge is 2.50. The normalized spacial score (nSPS) is 18.6. The summed E-state index contributed by atoms with van der Waals surface area (Å²) in [5.74, 6) is 0.376. The van der Waals surface area contributed by atoms with Crippen LogP contribution in [0, 0.1) is 0 Å². The van der Waals surface area contributed by atoms with Gasteiger partial charge in [0.1, 0.15) is 73.2 Å². The molecule has 1 aliphatic rings. The highest BCUT2D eigenvalue weighted by Crippen LogP contribution is 2.33. The van der Waals surface area contributed by atoms with E-state index < -0.39 is 54.9 Å². The Kier molecular flexibility index (Phi) is 21.8. The lowest BCUT2D eigenvalue weighted by Crippen LogP contribution is -2.62. The van der Waals surface area contributed by atoms with Crippen LogP contribution in [0.1, 0.15) is 47.6 Å². The lowest BCUT2D eigenvalue weighted by Gasteiger charge is -2.46. The van der Waals surface area contributed by atoms with E-state index in [0.717, 1.165) is 27.8 Å². The third kappa shape index (κ3) is 17.7. The van der Waals surface area contributed by atoms with Crippen molar-refractivity contribution in [3.8, 4) is 11.5 Å². The van der Waals surface area contributed by atoms with Crippen molar-refractivity contribution in [1.29, 1.82) is 0 Å². The third-order valence-electron chi connectivity index (χ3n) is 12.0. The minimum atomic E-state index is -1.33. The molecule has 0 amide bonds. The van der Waals surface area contributed by atoms with Gasteiger partial charge in [-0.2, -0.15) is 0 Å². The highest BCUT2D eigenvalue weighted by atomic mass is 16.7. The van der Waals surface area contributed by atoms with E-state index in [-0.39, 0.29) is 71.5 Å². The molecule has 382 valence electrons. The van der Waals surface area contributed by atoms with Crippen LogP contribution in [-0.2, 0) is 80.5 Å². The Hall–Kier alpha value is -6.91. The second-order valence-electron chi connectivity index (χ2n) is 17.4. The van der Waals surface area contributed by atoms with Crippen molar-refractivity contribution < 1.29 is 57.0 Å². The molecule has 73 heavy (non-hydrogen) atoms. The summed E-state index contributed by atoms with van der Waals surface area (Å²) >= 11 is 0. The molecule has 0 radical (unpaired) electrons. The van der Waals surface area contributed by atoms with Gasteiger partial charge in [0.15, 0.2) is 6.29 Å². The van der Waals surface area contributed by atoms with Crippen LogP contribution in [0.3, 0.4) is 0 Å². The number of ether oxygens (including phenoxy) is 10. The predicted molar refractivity (Wildman–Crippen MR) is 272 cm³/mol. The first kappa shape index (κ1) is 53.9. The van der Waals surface area contributed by atoms with Gasteiger partial charge in [0.2, 0.25) is 0 Å². The Morgan fingerprint density at radius 3 is 1.60 bits per heavy atom. The minimum absolute atomic E-state index is 0.0172. The van der Waals surface area contributed by atoms with Gasteiger partial charge in [-0.1, -0.05) is 157 Å². The van der Waals surface area contributed by atoms with Gasteiger partial charge in [0, 0.05) is 11.3 Å². The van der Waals surface area contributed by atoms with E-state index in [1.165, 1.54) is 6.92 Å². The van der Waals surface area contributed by atoms with Gasteiger partial charge < -0.3 is 52.2 Å². The number of esters is 1. The van der Waals surface area contributed by atoms with Crippen molar-refractivity contribution in [2.75, 3.05) is 26.9 Å². The smallest absolute Gasteiger partial charge is 0.306 e. The number of Topliss-reactive ketones (excluding diaryl/α,β-unsaturated/α-hetero) is 1. The summed E-state index contributed by atoms with van der Waals surface area (Å²) in [5.41, 5.74) is 14.8. The topological polar surface area (TPSA) is 175 Å². The number of rotatable bonds is 30. The summed E-state index contributed by atoms with van der Waals surface area (Å²) in [6.45, 7) is 1.76. The third-order valence-corrected chi connectivity index (χ3v) is 12.0. The summed E-state index contributed by atoms with van der Waals surface area (Å²) < 4.78 is 65.5. The molecular formula is C58H63N3O12. The molecule has 1 aliphatic heterocycles. The van der Waals surface area contributed by atoms with E-state index >= 15 is 0 Å². The van der Waals surface area contributed by atoms with Crippen LogP contribution < -0.4 is 9.47 Å². The van der Waals surface area contributed by atoms with Crippen LogP contribution in [0.25, 0.3) is 10.4 Å². The minimum Gasteiger partial charge on any atom is -0.497 e. The molecule has 15 heteroatoms. The van der Waals surface area contributed by atoms with Crippen LogP contribution >= 0.6 is 0 Å². The number of methoxy groups -OCH3 is 1. The van der Waals surface area contributed by atoms with Gasteiger partial charge in [0.25, 0.3) is 0 Å². The second-order valence-corrected chi connectivity index (χ2v) is 17.4. The zero-order chi connectivity index (χ0) is 50.9. The molecular weight excluding hydrogens is 931 g/mol. The van der Waals surface area contributed by atoms with Gasteiger partial charge >= 0.3 is 5.97 Å². The molecule has 6 aromatic rings. The molecule has 8 atom stereocenters. The van der Waals surface area contributed by atoms with Gasteiger partial charge in [-0.05, 0) is 64.5 Å². The van der Waals surface area contributed by atoms with Gasteiger partial charge in [-0.3, -0.25) is 4.79 Å². The second kappa shape index (κ2) is 29.6. The van der Waals surface area contributed by atoms with Gasteiger partial charge in [0.05, 0.1) is 53.2 Å². The molecule has 1 fully saturated rings. The number of nitrogens with zero attached hydrogens (tertiary/aromatic N) is 3. The summed E-state index contributed by atoms with van der Waals surface area (Å²) in [7, 11) is 1.58. The van der Waals surface area contributed by atoms with Crippen molar-refractivity contribution in [1.82, 2.24) is 0 Å². The Morgan fingerprint density at radius 2 is 1.08 bits per heavy atom. The van der Waals surface area contributed by atoms with Crippen LogP contribution in [0.5, 0.6) is 11.5 Å². The molecule has 0 spiro atoms. The highest BCUT2D eigenvalue weighted by molar-refractivity contribution is 5.81. The molecule has 0 aliphatic carbocycles. The van der Waals surface area contributed by atoms with E-state index in [0.29, 0.717) is 11.5 Å². The average Bonchev–Trinajstić information content (AvgIpc) is 3.43. The number of hydrogen-bond donors (Lipinski definition) is 0. The standard InChI is InChI=1S/C58H63N3O12/c1-42(62)28-33-53(63)68-40-50(67-35-44-20-10-4-11-21-44)55(69-36-45-22-12-5-13-23-45)52(41-66-49-31-29-48(64-2)30-32-49)73-58-54(60-61-59)57(71-38-47-26-16-7-17-27-47)56(70-37-46-24-14-6-15-25-46)51(72-58)39-65-34-43-18-8-3-9-19-43/h3-27,29-32,50-52,54-58H,28,33-41H2,1-2H3/t50-,51+,52+,54+,55-,56+,57+,58+/m0/s1. The Balaban J connectivity index is 1.29. The van der Waals surface area contributed by atoms with Crippen LogP contribution in [-0.4, -0.2) is 87.6 Å². The van der Waals surface area contributed by atoms with Crippen molar-refractivity contribution in [3.63, 3.8) is 0 Å². The molecule has 15 nitrogen and oxygen atoms in total. The fourth-order valence-corrected chi connectivity index (χ4v) is 8.11. The maximum Gasteiger partial charge on any atom is 0.306 e. The van der Waals surface area contributed by atoms with Crippen molar-refractivity contribution in [3.05, 3.63) is 214 Å². The molecule has 0 unspecified atom stereocenters. The molecule has 0 N–H and O–H groups in total. The van der Waals surface area contributed by atoms with Crippen molar-refractivity contribution in [2.45, 2.75) is 102 Å². The quantitative estimate of drug-likeness (QED) is 0.0181. The first-order valence-corrected chi connectivity index (χ1v) is 24.4. The molecule has 7 rings (SSSR count). The summed E-state index contributed by atoms with van der Waals surface area (Å²) in [4.78, 5) is 28.5. The van der Waals surface area contributed by atoms with Gasteiger partial charge in [-0.15, -0.1) is 0 Å². The first-order valence-electron chi connectivity index (χ1n) is 24.4. The van der Waals surface area contributed by atoms with E-state index in [2.05, 4.69) is 10.0 Å². The monoisotopic (exact) mass is 993 g/mol. The van der Waals surface area contributed by atoms with Crippen LogP contribution in [0.15, 0.2) is 181 Å². The Bertz CT molecular complexity index is 2560. The number of azide groups is 1. The van der Waals surface area contributed by atoms with Crippen molar-refractivity contribution in [2.24, 2.45) is 5.11 Å². The van der Waals surface area contributed by atoms with E-state index in [1.807, 2.05) is 152 Å². The maximum absolute atomic E-state index is 13.2. The number of benzene rings is 6. The fraction of sp³-hybridized carbons (Fsp3) is 0.345. The van der Waals surface area contributed by atoms with Crippen LogP contribution in [0.2, 0.25) is 0 Å². The molecule has 0 saturated carbocycles. The number of hydrogen-bond acceptors (Lipinski definition) is 13. The molecule has 1 heterocycles.